The van der Waals surface area contributed by atoms with Crippen molar-refractivity contribution in [3.05, 3.63) is 55.2 Å². The van der Waals surface area contributed by atoms with Crippen molar-refractivity contribution in [1.82, 2.24) is 0 Å². The van der Waals surface area contributed by atoms with E-state index >= 15 is 0 Å². The van der Waals surface area contributed by atoms with E-state index in [1.165, 1.54) is 23.5 Å². The predicted molar refractivity (Wildman–Crippen MR) is 74.6 cm³/mol. The molecule has 1 heterocycles. The molecule has 0 saturated heterocycles. The molecule has 0 atom stereocenters. The molecule has 5 nitrogen and oxygen atoms in total. The second kappa shape index (κ2) is 6.01. The van der Waals surface area contributed by atoms with Crippen LogP contribution in [0.4, 0.5) is 5.69 Å². The van der Waals surface area contributed by atoms with Crippen LogP contribution in [0.25, 0.3) is 0 Å². The molecule has 100 valence electrons. The molecule has 19 heavy (non-hydrogen) atoms. The van der Waals surface area contributed by atoms with Gasteiger partial charge >= 0.3 is 0 Å². The summed E-state index contributed by atoms with van der Waals surface area (Å²) in [4.78, 5) is 11.2. The lowest BCUT2D eigenvalue weighted by atomic mass is 10.2. The minimum atomic E-state index is -0.456. The molecule has 2 N–H and O–H groups in total. The van der Waals surface area contributed by atoms with Gasteiger partial charge in [-0.1, -0.05) is 11.6 Å². The summed E-state index contributed by atoms with van der Waals surface area (Å²) >= 11 is 7.25. The molecule has 0 aliphatic carbocycles. The fourth-order valence-corrected chi connectivity index (χ4v) is 2.56. The Balaban J connectivity index is 2.13. The SMILES string of the molecule is NCc1cc([N+](=O)[O-])ccc1OCc1ccc(Cl)s1. The topological polar surface area (TPSA) is 78.4 Å². The largest absolute Gasteiger partial charge is 0.488 e. The Labute approximate surface area is 118 Å². The van der Waals surface area contributed by atoms with E-state index in [-0.39, 0.29) is 12.2 Å². The van der Waals surface area contributed by atoms with Gasteiger partial charge in [0.1, 0.15) is 12.4 Å². The molecule has 0 spiro atoms. The minimum Gasteiger partial charge on any atom is -0.488 e. The van der Waals surface area contributed by atoms with E-state index in [4.69, 9.17) is 22.1 Å². The average molecular weight is 299 g/mol. The standard InChI is InChI=1S/C12H11ClN2O3S/c13-12-4-2-10(19-12)7-18-11-3-1-9(15(16)17)5-8(11)6-14/h1-5H,6-7,14H2. The van der Waals surface area contributed by atoms with Gasteiger partial charge in [0.2, 0.25) is 0 Å². The Morgan fingerprint density at radius 3 is 2.74 bits per heavy atom. The smallest absolute Gasteiger partial charge is 0.270 e. The van der Waals surface area contributed by atoms with Crippen LogP contribution in [0.1, 0.15) is 10.4 Å². The number of non-ortho nitro benzene ring substituents is 1. The molecular formula is C12H11ClN2O3S. The number of nitrogens with zero attached hydrogens (tertiary/aromatic N) is 1. The number of rotatable bonds is 5. The molecule has 0 saturated carbocycles. The second-order valence-electron chi connectivity index (χ2n) is 3.75. The average Bonchev–Trinajstić information content (AvgIpc) is 2.81. The Hall–Kier alpha value is -1.63. The molecule has 0 aliphatic heterocycles. The van der Waals surface area contributed by atoms with Crippen molar-refractivity contribution >= 4 is 28.6 Å². The summed E-state index contributed by atoms with van der Waals surface area (Å²) in [5.74, 6) is 0.553. The maximum Gasteiger partial charge on any atom is 0.270 e. The van der Waals surface area contributed by atoms with Crippen molar-refractivity contribution in [2.24, 2.45) is 5.73 Å². The van der Waals surface area contributed by atoms with Gasteiger partial charge in [0.15, 0.2) is 0 Å². The number of hydrogen-bond acceptors (Lipinski definition) is 5. The monoisotopic (exact) mass is 298 g/mol. The first-order valence-corrected chi connectivity index (χ1v) is 6.64. The molecule has 0 fully saturated rings. The maximum atomic E-state index is 10.7. The molecule has 0 amide bonds. The normalized spacial score (nSPS) is 10.4. The van der Waals surface area contributed by atoms with Crippen LogP contribution in [0.15, 0.2) is 30.3 Å². The van der Waals surface area contributed by atoms with Crippen LogP contribution < -0.4 is 10.5 Å². The molecular weight excluding hydrogens is 288 g/mol. The van der Waals surface area contributed by atoms with Gasteiger partial charge in [-0.3, -0.25) is 10.1 Å². The molecule has 1 aromatic heterocycles. The number of nitrogens with two attached hydrogens (primary N) is 1. The highest BCUT2D eigenvalue weighted by molar-refractivity contribution is 7.16. The van der Waals surface area contributed by atoms with Gasteiger partial charge in [0, 0.05) is 29.1 Å². The van der Waals surface area contributed by atoms with Gasteiger partial charge in [-0.2, -0.15) is 0 Å². The van der Waals surface area contributed by atoms with Crippen LogP contribution in [0.2, 0.25) is 4.34 Å². The van der Waals surface area contributed by atoms with Crippen LogP contribution in [-0.4, -0.2) is 4.92 Å². The van der Waals surface area contributed by atoms with Crippen molar-refractivity contribution in [2.75, 3.05) is 0 Å². The Morgan fingerprint density at radius 2 is 2.16 bits per heavy atom. The quantitative estimate of drug-likeness (QED) is 0.678. The number of hydrogen-bond donors (Lipinski definition) is 1. The van der Waals surface area contributed by atoms with E-state index in [1.807, 2.05) is 6.07 Å². The zero-order chi connectivity index (χ0) is 13.8. The van der Waals surface area contributed by atoms with Crippen molar-refractivity contribution < 1.29 is 9.66 Å². The Morgan fingerprint density at radius 1 is 1.37 bits per heavy atom. The number of thiophene rings is 1. The van der Waals surface area contributed by atoms with Gasteiger partial charge in [0.25, 0.3) is 5.69 Å². The molecule has 0 radical (unpaired) electrons. The highest BCUT2D eigenvalue weighted by Gasteiger charge is 2.11. The summed E-state index contributed by atoms with van der Waals surface area (Å²) in [6.45, 7) is 0.546. The molecule has 2 aromatic rings. The van der Waals surface area contributed by atoms with Crippen molar-refractivity contribution in [3.8, 4) is 5.75 Å². The first-order valence-electron chi connectivity index (χ1n) is 5.44. The van der Waals surface area contributed by atoms with E-state index in [9.17, 15) is 10.1 Å². The van der Waals surface area contributed by atoms with E-state index < -0.39 is 4.92 Å². The molecule has 7 heteroatoms. The van der Waals surface area contributed by atoms with Crippen molar-refractivity contribution in [1.29, 1.82) is 0 Å². The number of ether oxygens (including phenoxy) is 1. The van der Waals surface area contributed by atoms with E-state index in [0.717, 1.165) is 4.88 Å². The first kappa shape index (κ1) is 13.8. The molecule has 0 aliphatic rings. The highest BCUT2D eigenvalue weighted by atomic mass is 35.5. The number of nitro groups is 1. The fourth-order valence-electron chi connectivity index (χ4n) is 1.56. The van der Waals surface area contributed by atoms with Gasteiger partial charge < -0.3 is 10.5 Å². The third-order valence-electron chi connectivity index (χ3n) is 2.47. The van der Waals surface area contributed by atoms with Gasteiger partial charge in [-0.15, -0.1) is 11.3 Å². The summed E-state index contributed by atoms with van der Waals surface area (Å²) in [6.07, 6.45) is 0. The Kier molecular flexibility index (Phi) is 4.36. The van der Waals surface area contributed by atoms with E-state index in [1.54, 1.807) is 12.1 Å². The lowest BCUT2D eigenvalue weighted by Crippen LogP contribution is -2.03. The van der Waals surface area contributed by atoms with Crippen LogP contribution >= 0.6 is 22.9 Å². The number of halogens is 1. The van der Waals surface area contributed by atoms with Crippen LogP contribution in [0, 0.1) is 10.1 Å². The van der Waals surface area contributed by atoms with E-state index in [2.05, 4.69) is 0 Å². The van der Waals surface area contributed by atoms with Gasteiger partial charge in [0.05, 0.1) is 9.26 Å². The lowest BCUT2D eigenvalue weighted by molar-refractivity contribution is -0.384. The van der Waals surface area contributed by atoms with Crippen LogP contribution in [0.5, 0.6) is 5.75 Å². The number of benzene rings is 1. The van der Waals surface area contributed by atoms with Gasteiger partial charge in [-0.05, 0) is 18.2 Å². The zero-order valence-corrected chi connectivity index (χ0v) is 11.4. The Bertz CT molecular complexity index is 600. The molecule has 0 unspecified atom stereocenters. The van der Waals surface area contributed by atoms with E-state index in [0.29, 0.717) is 22.3 Å². The van der Waals surface area contributed by atoms with Gasteiger partial charge in [-0.25, -0.2) is 0 Å². The summed E-state index contributed by atoms with van der Waals surface area (Å²) in [5, 5.41) is 10.7. The minimum absolute atomic E-state index is 0.00645. The third kappa shape index (κ3) is 3.44. The summed E-state index contributed by atoms with van der Waals surface area (Å²) in [5.41, 5.74) is 6.19. The second-order valence-corrected chi connectivity index (χ2v) is 5.55. The lowest BCUT2D eigenvalue weighted by Gasteiger charge is -2.09. The predicted octanol–water partition coefficient (Wildman–Crippen LogP) is 3.35. The first-order chi connectivity index (χ1) is 9.10. The maximum absolute atomic E-state index is 10.7. The molecule has 2 rings (SSSR count). The third-order valence-corrected chi connectivity index (χ3v) is 3.68. The molecule has 1 aromatic carbocycles. The number of nitro benzene ring substituents is 1. The summed E-state index contributed by atoms with van der Waals surface area (Å²) < 4.78 is 6.31. The van der Waals surface area contributed by atoms with Crippen LogP contribution in [0.3, 0.4) is 0 Å². The van der Waals surface area contributed by atoms with Crippen molar-refractivity contribution in [3.63, 3.8) is 0 Å². The fraction of sp³-hybridized carbons (Fsp3) is 0.167. The zero-order valence-electron chi connectivity index (χ0n) is 9.84. The summed E-state index contributed by atoms with van der Waals surface area (Å²) in [7, 11) is 0. The summed E-state index contributed by atoms with van der Waals surface area (Å²) in [6, 6.07) is 8.06. The highest BCUT2D eigenvalue weighted by Crippen LogP contribution is 2.27. The van der Waals surface area contributed by atoms with Crippen molar-refractivity contribution in [2.45, 2.75) is 13.2 Å². The molecule has 0 bridgehead atoms. The van der Waals surface area contributed by atoms with Crippen LogP contribution in [-0.2, 0) is 13.2 Å².